The fourth-order valence-electron chi connectivity index (χ4n) is 1.13. The Balaban J connectivity index is 2.33. The number of benzene rings is 1. The molecule has 0 fully saturated rings. The van der Waals surface area contributed by atoms with Crippen LogP contribution in [0.1, 0.15) is 0 Å². The van der Waals surface area contributed by atoms with Crippen molar-refractivity contribution >= 4 is 12.8 Å². The molecule has 5 heteroatoms. The van der Waals surface area contributed by atoms with Crippen LogP contribution in [0.25, 0.3) is 11.4 Å². The van der Waals surface area contributed by atoms with E-state index in [0.29, 0.717) is 5.82 Å². The molecule has 0 unspecified atom stereocenters. The monoisotopic (exact) mass is 207 g/mol. The lowest BCUT2D eigenvalue weighted by atomic mass is 10.2. The quantitative estimate of drug-likeness (QED) is 0.761. The van der Waals surface area contributed by atoms with Crippen molar-refractivity contribution in [2.45, 2.75) is 0 Å². The van der Waals surface area contributed by atoms with Crippen molar-refractivity contribution in [1.29, 1.82) is 0 Å². The number of hydrogen-bond donors (Lipinski definition) is 1. The average molecular weight is 207 g/mol. The minimum atomic E-state index is 0.655. The predicted molar refractivity (Wildman–Crippen MR) is 56.4 cm³/mol. The Morgan fingerprint density at radius 3 is 2.50 bits per heavy atom. The van der Waals surface area contributed by atoms with E-state index in [1.807, 2.05) is 24.3 Å². The number of hydrogen-bond acceptors (Lipinski definition) is 4. The van der Waals surface area contributed by atoms with Gasteiger partial charge in [-0.3, -0.25) is 0 Å². The van der Waals surface area contributed by atoms with E-state index in [0.717, 1.165) is 11.3 Å². The largest absolute Gasteiger partial charge is 0.497 e. The maximum absolute atomic E-state index is 5.05. The second-order valence-corrected chi connectivity index (χ2v) is 3.13. The lowest BCUT2D eigenvalue weighted by Gasteiger charge is -1.99. The fraction of sp³-hybridized carbons (Fsp3) is 0.111. The molecule has 1 heterocycles. The van der Waals surface area contributed by atoms with Crippen LogP contribution in [0.15, 0.2) is 30.6 Å². The third kappa shape index (κ3) is 1.72. The highest BCUT2D eigenvalue weighted by molar-refractivity contribution is 7.78. The lowest BCUT2D eigenvalue weighted by molar-refractivity contribution is 0.415. The molecule has 1 aromatic carbocycles. The van der Waals surface area contributed by atoms with Gasteiger partial charge in [-0.1, -0.05) is 0 Å². The normalized spacial score (nSPS) is 10.1. The van der Waals surface area contributed by atoms with E-state index in [2.05, 4.69) is 22.9 Å². The van der Waals surface area contributed by atoms with Crippen molar-refractivity contribution in [3.8, 4) is 17.1 Å². The first kappa shape index (κ1) is 9.08. The molecule has 2 rings (SSSR count). The molecule has 1 aromatic heterocycles. The molecule has 0 aliphatic carbocycles. The molecule has 0 saturated heterocycles. The van der Waals surface area contributed by atoms with Gasteiger partial charge in [0.2, 0.25) is 0 Å². The van der Waals surface area contributed by atoms with Crippen LogP contribution in [0.2, 0.25) is 0 Å². The van der Waals surface area contributed by atoms with Gasteiger partial charge in [0.1, 0.15) is 12.1 Å². The van der Waals surface area contributed by atoms with Gasteiger partial charge in [0.25, 0.3) is 0 Å². The van der Waals surface area contributed by atoms with Crippen molar-refractivity contribution in [3.05, 3.63) is 30.6 Å². The molecular weight excluding hydrogens is 198 g/mol. The van der Waals surface area contributed by atoms with E-state index in [1.165, 1.54) is 4.09 Å². The maximum Gasteiger partial charge on any atom is 0.182 e. The summed E-state index contributed by atoms with van der Waals surface area (Å²) in [5.74, 6) is 1.47. The molecule has 0 atom stereocenters. The van der Waals surface area contributed by atoms with Gasteiger partial charge < -0.3 is 4.74 Å². The van der Waals surface area contributed by atoms with Crippen LogP contribution in [-0.4, -0.2) is 21.3 Å². The van der Waals surface area contributed by atoms with E-state index >= 15 is 0 Å². The number of ether oxygens (including phenoxy) is 1. The summed E-state index contributed by atoms with van der Waals surface area (Å²) in [4.78, 5) is 4.08. The summed E-state index contributed by atoms with van der Waals surface area (Å²) in [5, 5.41) is 4.07. The number of thiol groups is 1. The molecule has 0 aliphatic heterocycles. The minimum absolute atomic E-state index is 0.655. The second-order valence-electron chi connectivity index (χ2n) is 2.72. The minimum Gasteiger partial charge on any atom is -0.497 e. The zero-order valence-corrected chi connectivity index (χ0v) is 8.48. The van der Waals surface area contributed by atoms with Crippen LogP contribution in [-0.2, 0) is 0 Å². The van der Waals surface area contributed by atoms with E-state index in [1.54, 1.807) is 13.4 Å². The molecule has 4 nitrogen and oxygen atoms in total. The molecular formula is C9H9N3OS. The lowest BCUT2D eigenvalue weighted by Crippen LogP contribution is -1.85. The number of methoxy groups -OCH3 is 1. The first-order chi connectivity index (χ1) is 6.79. The van der Waals surface area contributed by atoms with Gasteiger partial charge in [-0.2, -0.15) is 4.09 Å². The molecule has 0 spiro atoms. The zero-order valence-electron chi connectivity index (χ0n) is 7.58. The van der Waals surface area contributed by atoms with Crippen LogP contribution in [0.5, 0.6) is 5.75 Å². The summed E-state index contributed by atoms with van der Waals surface area (Å²) in [7, 11) is 1.63. The Kier molecular flexibility index (Phi) is 2.41. The first-order valence-corrected chi connectivity index (χ1v) is 4.45. The van der Waals surface area contributed by atoms with Gasteiger partial charge in [-0.15, -0.1) is 5.10 Å². The van der Waals surface area contributed by atoms with E-state index < -0.39 is 0 Å². The third-order valence-electron chi connectivity index (χ3n) is 1.83. The SMILES string of the molecule is COc1ccc(-c2ncn(S)n2)cc1. The summed E-state index contributed by atoms with van der Waals surface area (Å²) >= 11 is 4.01. The Hall–Kier alpha value is -1.49. The topological polar surface area (TPSA) is 39.9 Å². The van der Waals surface area contributed by atoms with Crippen LogP contribution < -0.4 is 4.74 Å². The van der Waals surface area contributed by atoms with Crippen molar-refractivity contribution in [2.24, 2.45) is 0 Å². The van der Waals surface area contributed by atoms with Crippen LogP contribution >= 0.6 is 12.8 Å². The molecule has 72 valence electrons. The van der Waals surface area contributed by atoms with Crippen molar-refractivity contribution in [2.75, 3.05) is 7.11 Å². The molecule has 0 N–H and O–H groups in total. The fourth-order valence-corrected chi connectivity index (χ4v) is 1.26. The second kappa shape index (κ2) is 3.71. The summed E-state index contributed by atoms with van der Waals surface area (Å²) in [6.07, 6.45) is 1.54. The first-order valence-electron chi connectivity index (χ1n) is 4.05. The molecule has 0 radical (unpaired) electrons. The highest BCUT2D eigenvalue weighted by atomic mass is 32.1. The van der Waals surface area contributed by atoms with E-state index in [9.17, 15) is 0 Å². The van der Waals surface area contributed by atoms with E-state index in [4.69, 9.17) is 4.74 Å². The molecule has 2 aromatic rings. The van der Waals surface area contributed by atoms with Gasteiger partial charge in [0.05, 0.1) is 7.11 Å². The smallest absolute Gasteiger partial charge is 0.182 e. The predicted octanol–water partition coefficient (Wildman–Crippen LogP) is 1.65. The van der Waals surface area contributed by atoms with Crippen LogP contribution in [0.4, 0.5) is 0 Å². The molecule has 0 amide bonds. The Labute approximate surface area is 87.1 Å². The summed E-state index contributed by atoms with van der Waals surface area (Å²) in [6.45, 7) is 0. The van der Waals surface area contributed by atoms with Crippen LogP contribution in [0, 0.1) is 0 Å². The average Bonchev–Trinajstić information content (AvgIpc) is 2.65. The summed E-state index contributed by atoms with van der Waals surface area (Å²) in [5.41, 5.74) is 0.943. The Bertz CT molecular complexity index is 424. The molecule has 0 bridgehead atoms. The van der Waals surface area contributed by atoms with Gasteiger partial charge >= 0.3 is 0 Å². The highest BCUT2D eigenvalue weighted by Gasteiger charge is 2.02. The molecule has 0 saturated carbocycles. The highest BCUT2D eigenvalue weighted by Crippen LogP contribution is 2.18. The maximum atomic E-state index is 5.05. The van der Waals surface area contributed by atoms with Crippen molar-refractivity contribution in [3.63, 3.8) is 0 Å². The molecule has 0 aliphatic rings. The number of nitrogens with zero attached hydrogens (tertiary/aromatic N) is 3. The Morgan fingerprint density at radius 2 is 2.00 bits per heavy atom. The van der Waals surface area contributed by atoms with Crippen molar-refractivity contribution < 1.29 is 4.74 Å². The standard InChI is InChI=1S/C9H9N3OS/c1-13-8-4-2-7(3-5-8)9-10-6-12(14)11-9/h2-6,14H,1H3. The van der Waals surface area contributed by atoms with Crippen LogP contribution in [0.3, 0.4) is 0 Å². The number of aromatic nitrogens is 3. The van der Waals surface area contributed by atoms with Gasteiger partial charge in [0.15, 0.2) is 5.82 Å². The third-order valence-corrected chi connectivity index (χ3v) is 2.02. The molecule has 14 heavy (non-hydrogen) atoms. The Morgan fingerprint density at radius 1 is 1.29 bits per heavy atom. The summed E-state index contributed by atoms with van der Waals surface area (Å²) in [6, 6.07) is 7.55. The zero-order chi connectivity index (χ0) is 9.97. The van der Waals surface area contributed by atoms with Crippen molar-refractivity contribution in [1.82, 2.24) is 14.2 Å². The number of rotatable bonds is 2. The van der Waals surface area contributed by atoms with E-state index in [-0.39, 0.29) is 0 Å². The van der Waals surface area contributed by atoms with Gasteiger partial charge in [-0.05, 0) is 37.1 Å². The van der Waals surface area contributed by atoms with Gasteiger partial charge in [0, 0.05) is 5.56 Å². The van der Waals surface area contributed by atoms with Gasteiger partial charge in [-0.25, -0.2) is 4.98 Å². The summed E-state index contributed by atoms with van der Waals surface area (Å²) < 4.78 is 6.42.